The lowest BCUT2D eigenvalue weighted by Gasteiger charge is -2.34. The quantitative estimate of drug-likeness (QED) is 0.398. The number of hydrogen-bond donors (Lipinski definition) is 1. The molecule has 0 aliphatic carbocycles. The lowest BCUT2D eigenvalue weighted by Crippen LogP contribution is -2.51. The van der Waals surface area contributed by atoms with E-state index in [2.05, 4.69) is 0 Å². The monoisotopic (exact) mass is 472 g/mol. The molecule has 3 nitrogen and oxygen atoms in total. The second-order valence-electron chi connectivity index (χ2n) is 9.61. The summed E-state index contributed by atoms with van der Waals surface area (Å²) in [6, 6.07) is 15.2. The summed E-state index contributed by atoms with van der Waals surface area (Å²) in [5, 5.41) is 9.62. The molecule has 0 saturated carbocycles. The normalized spacial score (nSPS) is 16.8. The van der Waals surface area contributed by atoms with Crippen molar-refractivity contribution in [2.75, 3.05) is 0 Å². The Morgan fingerprint density at radius 1 is 0.829 bits per heavy atom. The van der Waals surface area contributed by atoms with Crippen molar-refractivity contribution in [3.05, 3.63) is 93.5 Å². The molecule has 1 N–H and O–H groups in total. The van der Waals surface area contributed by atoms with Crippen molar-refractivity contribution in [2.45, 2.75) is 54.4 Å². The fraction of sp³-hybridized carbons (Fsp3) is 0.276. The lowest BCUT2D eigenvalue weighted by atomic mass is 9.83. The van der Waals surface area contributed by atoms with Crippen molar-refractivity contribution in [3.8, 4) is 16.9 Å². The Morgan fingerprint density at radius 3 is 1.91 bits per heavy atom. The van der Waals surface area contributed by atoms with E-state index in [0.29, 0.717) is 35.6 Å². The molecular weight excluding hydrogens is 441 g/mol. The van der Waals surface area contributed by atoms with Gasteiger partial charge in [-0.25, -0.2) is 0 Å². The SMILES string of the molecule is CCC1=C(C)C2=C(c3ccc(-c4ccc(O)cc4)cc3)c3c(C)c(CC)c(C)n3[B-](F)(F)[N+]2=C1C. The van der Waals surface area contributed by atoms with Crippen LogP contribution in [0.1, 0.15) is 62.2 Å². The minimum Gasteiger partial charge on any atom is -0.508 e. The van der Waals surface area contributed by atoms with Crippen LogP contribution in [-0.2, 0) is 6.42 Å². The maximum absolute atomic E-state index is 16.3. The first kappa shape index (κ1) is 23.3. The number of aromatic nitrogens is 1. The van der Waals surface area contributed by atoms with Crippen LogP contribution in [0.25, 0.3) is 16.7 Å². The van der Waals surface area contributed by atoms with Gasteiger partial charge in [0.2, 0.25) is 0 Å². The molecule has 180 valence electrons. The highest BCUT2D eigenvalue weighted by Gasteiger charge is 2.56. The smallest absolute Gasteiger partial charge is 0.508 e. The van der Waals surface area contributed by atoms with Crippen LogP contribution in [0.2, 0.25) is 0 Å². The van der Waals surface area contributed by atoms with Gasteiger partial charge in [0.15, 0.2) is 5.70 Å². The number of aromatic hydroxyl groups is 1. The molecule has 2 aliphatic heterocycles. The van der Waals surface area contributed by atoms with Gasteiger partial charge in [0.25, 0.3) is 0 Å². The van der Waals surface area contributed by atoms with Gasteiger partial charge in [0, 0.05) is 23.8 Å². The van der Waals surface area contributed by atoms with Crippen LogP contribution in [-0.4, -0.2) is 26.8 Å². The minimum absolute atomic E-state index is 0.225. The second kappa shape index (κ2) is 8.08. The number of nitrogens with zero attached hydrogens (tertiary/aromatic N) is 2. The van der Waals surface area contributed by atoms with E-state index in [1.807, 2.05) is 77.9 Å². The van der Waals surface area contributed by atoms with Gasteiger partial charge in [0.1, 0.15) is 11.5 Å². The van der Waals surface area contributed by atoms with Gasteiger partial charge in [-0.3, -0.25) is 0 Å². The van der Waals surface area contributed by atoms with E-state index in [-0.39, 0.29) is 5.75 Å². The molecule has 0 radical (unpaired) electrons. The molecular formula is C29H31BF2N2O. The van der Waals surface area contributed by atoms with Crippen LogP contribution >= 0.6 is 0 Å². The number of phenols is 1. The number of benzene rings is 2. The maximum Gasteiger partial charge on any atom is 0.737 e. The van der Waals surface area contributed by atoms with E-state index in [0.717, 1.165) is 44.5 Å². The van der Waals surface area contributed by atoms with Gasteiger partial charge in [-0.05, 0) is 79.3 Å². The number of rotatable bonds is 4. The van der Waals surface area contributed by atoms with Crippen molar-refractivity contribution < 1.29 is 18.2 Å². The summed E-state index contributed by atoms with van der Waals surface area (Å²) < 4.78 is 35.3. The minimum atomic E-state index is -4.02. The van der Waals surface area contributed by atoms with E-state index in [9.17, 15) is 5.11 Å². The molecule has 0 atom stereocenters. The molecule has 6 heteroatoms. The van der Waals surface area contributed by atoms with E-state index in [4.69, 9.17) is 0 Å². The van der Waals surface area contributed by atoms with Gasteiger partial charge in [-0.1, -0.05) is 50.2 Å². The molecule has 0 unspecified atom stereocenters. The molecule has 35 heavy (non-hydrogen) atoms. The predicted molar refractivity (Wildman–Crippen MR) is 140 cm³/mol. The Kier molecular flexibility index (Phi) is 5.39. The summed E-state index contributed by atoms with van der Waals surface area (Å²) in [5.74, 6) is 0.225. The highest BCUT2D eigenvalue weighted by atomic mass is 19.2. The zero-order chi connectivity index (χ0) is 25.2. The van der Waals surface area contributed by atoms with Crippen LogP contribution in [0.5, 0.6) is 5.75 Å². The molecule has 0 spiro atoms. The summed E-state index contributed by atoms with van der Waals surface area (Å²) in [6.45, 7) is 7.67. The maximum atomic E-state index is 16.3. The first-order valence-electron chi connectivity index (χ1n) is 12.3. The Balaban J connectivity index is 1.81. The van der Waals surface area contributed by atoms with Crippen molar-refractivity contribution in [1.82, 2.24) is 4.48 Å². The van der Waals surface area contributed by atoms with Crippen molar-refractivity contribution in [1.29, 1.82) is 0 Å². The molecule has 3 aromatic rings. The van der Waals surface area contributed by atoms with Crippen LogP contribution in [0.15, 0.2) is 65.4 Å². The zero-order valence-corrected chi connectivity index (χ0v) is 21.2. The van der Waals surface area contributed by atoms with E-state index >= 15 is 8.63 Å². The summed E-state index contributed by atoms with van der Waals surface area (Å²) in [6.07, 6.45) is 1.42. The average Bonchev–Trinajstić information content (AvgIpc) is 3.24. The lowest BCUT2D eigenvalue weighted by molar-refractivity contribution is -0.363. The Morgan fingerprint density at radius 2 is 1.37 bits per heavy atom. The van der Waals surface area contributed by atoms with Gasteiger partial charge in [0.05, 0.1) is 5.57 Å². The van der Waals surface area contributed by atoms with Crippen LogP contribution < -0.4 is 0 Å². The molecule has 0 bridgehead atoms. The Hall–Kier alpha value is -3.41. The number of allylic oxidation sites excluding steroid dienone is 2. The van der Waals surface area contributed by atoms with Crippen molar-refractivity contribution in [3.63, 3.8) is 0 Å². The van der Waals surface area contributed by atoms with Crippen molar-refractivity contribution >= 4 is 18.3 Å². The van der Waals surface area contributed by atoms with Gasteiger partial charge >= 0.3 is 6.97 Å². The van der Waals surface area contributed by atoms with E-state index in [1.54, 1.807) is 12.1 Å². The second-order valence-corrected chi connectivity index (χ2v) is 9.61. The molecule has 2 aliphatic rings. The van der Waals surface area contributed by atoms with E-state index in [1.165, 1.54) is 8.96 Å². The van der Waals surface area contributed by atoms with E-state index < -0.39 is 6.97 Å². The molecule has 0 fully saturated rings. The number of fused-ring (bicyclic) bond motifs is 2. The molecule has 0 saturated heterocycles. The Labute approximate surface area is 205 Å². The molecule has 3 heterocycles. The molecule has 2 aromatic carbocycles. The van der Waals surface area contributed by atoms with Gasteiger partial charge < -0.3 is 22.7 Å². The fourth-order valence-electron chi connectivity index (χ4n) is 6.23. The number of hydrogen-bond acceptors (Lipinski definition) is 1. The standard InChI is InChI=1S/C29H31BF2N2O/c1-7-25-17(3)28-27(23-11-9-21(10-12-23)22-13-15-24(35)16-14-22)29-18(4)26(8-2)20(6)34(29)30(31,32)33(28)19(25)5/h9-16,35H,7-8H2,1-6H3. The summed E-state index contributed by atoms with van der Waals surface area (Å²) in [7, 11) is 0. The van der Waals surface area contributed by atoms with Crippen LogP contribution in [0, 0.1) is 13.8 Å². The zero-order valence-electron chi connectivity index (χ0n) is 21.2. The third-order valence-electron chi connectivity index (χ3n) is 7.87. The molecule has 1 aromatic heterocycles. The first-order chi connectivity index (χ1) is 16.6. The third-order valence-corrected chi connectivity index (χ3v) is 7.87. The van der Waals surface area contributed by atoms with Crippen molar-refractivity contribution in [2.24, 2.45) is 0 Å². The summed E-state index contributed by atoms with van der Waals surface area (Å²) in [5.41, 5.74) is 10.2. The predicted octanol–water partition coefficient (Wildman–Crippen LogP) is 7.25. The van der Waals surface area contributed by atoms with Crippen LogP contribution in [0.4, 0.5) is 8.63 Å². The topological polar surface area (TPSA) is 28.2 Å². The molecule has 5 rings (SSSR count). The highest BCUT2D eigenvalue weighted by molar-refractivity contribution is 6.58. The largest absolute Gasteiger partial charge is 0.737 e. The first-order valence-corrected chi connectivity index (χ1v) is 12.3. The summed E-state index contributed by atoms with van der Waals surface area (Å²) >= 11 is 0. The number of halogens is 2. The number of phenolic OH excluding ortho intramolecular Hbond substituents is 1. The van der Waals surface area contributed by atoms with Crippen LogP contribution in [0.3, 0.4) is 0 Å². The fourth-order valence-corrected chi connectivity index (χ4v) is 6.23. The molecule has 0 amide bonds. The summed E-state index contributed by atoms with van der Waals surface area (Å²) in [4.78, 5) is 0. The van der Waals surface area contributed by atoms with Gasteiger partial charge in [-0.2, -0.15) is 0 Å². The highest BCUT2D eigenvalue weighted by Crippen LogP contribution is 2.47. The van der Waals surface area contributed by atoms with Gasteiger partial charge in [-0.15, -0.1) is 0 Å². The third kappa shape index (κ3) is 3.19. The Bertz CT molecular complexity index is 1460. The average molecular weight is 472 g/mol.